The van der Waals surface area contributed by atoms with E-state index in [2.05, 4.69) is 52.6 Å². The van der Waals surface area contributed by atoms with Crippen molar-refractivity contribution in [3.63, 3.8) is 0 Å². The molecule has 1 saturated heterocycles. The van der Waals surface area contributed by atoms with Crippen LogP contribution in [0.25, 0.3) is 22.4 Å². The number of anilines is 3. The molecule has 0 saturated carbocycles. The zero-order valence-electron chi connectivity index (χ0n) is 22.6. The number of nitrogens with one attached hydrogen (secondary N) is 2. The highest BCUT2D eigenvalue weighted by atomic mass is 127. The summed E-state index contributed by atoms with van der Waals surface area (Å²) in [5, 5.41) is 6.22. The highest BCUT2D eigenvalue weighted by Crippen LogP contribution is 2.35. The van der Waals surface area contributed by atoms with E-state index in [4.69, 9.17) is 0 Å². The number of pyridine rings is 1. The van der Waals surface area contributed by atoms with Gasteiger partial charge in [-0.1, -0.05) is 19.9 Å². The molecule has 1 aliphatic heterocycles. The number of aromatic nitrogens is 5. The van der Waals surface area contributed by atoms with Crippen LogP contribution in [0.15, 0.2) is 49.2 Å². The minimum absolute atomic E-state index is 0.0786. The fourth-order valence-electron chi connectivity index (χ4n) is 4.49. The Hall–Kier alpha value is -2.83. The van der Waals surface area contributed by atoms with Gasteiger partial charge in [0.15, 0.2) is 5.65 Å². The van der Waals surface area contributed by atoms with Crippen LogP contribution in [-0.2, 0) is 4.79 Å². The average Bonchev–Trinajstić information content (AvgIpc) is 3.29. The number of nitrogens with zero attached hydrogens (tertiary/aromatic N) is 6. The van der Waals surface area contributed by atoms with Crippen LogP contribution in [0.2, 0.25) is 0 Å². The third-order valence-electron chi connectivity index (χ3n) is 6.35. The number of alkyl halides is 2. The van der Waals surface area contributed by atoms with Crippen LogP contribution in [-0.4, -0.2) is 60.6 Å². The van der Waals surface area contributed by atoms with Crippen molar-refractivity contribution in [1.29, 1.82) is 0 Å². The Morgan fingerprint density at radius 2 is 1.98 bits per heavy atom. The topological polar surface area (TPSA) is 101 Å². The number of aryl methyl sites for hydroxylation is 1. The summed E-state index contributed by atoms with van der Waals surface area (Å²) in [6, 6.07) is 9.23. The number of carbonyl (C=O) groups excluding carboxylic acids is 1. The lowest BCUT2D eigenvalue weighted by atomic mass is 10.1. The second-order valence-electron chi connectivity index (χ2n) is 9.22. The first kappa shape index (κ1) is 30.1. The first-order valence-corrected chi connectivity index (χ1v) is 17.2. The van der Waals surface area contributed by atoms with E-state index >= 15 is 0 Å². The maximum absolute atomic E-state index is 14.0. The first-order valence-electron chi connectivity index (χ1n) is 13.1. The third-order valence-corrected chi connectivity index (χ3v) is 8.42. The molecule has 2 N–H and O–H groups in total. The first-order chi connectivity index (χ1) is 19.3. The van der Waals surface area contributed by atoms with Gasteiger partial charge in [-0.2, -0.15) is 0 Å². The Kier molecular flexibility index (Phi) is 10.3. The van der Waals surface area contributed by atoms with E-state index in [9.17, 15) is 13.6 Å². The Labute approximate surface area is 246 Å². The zero-order chi connectivity index (χ0) is 28.7. The second kappa shape index (κ2) is 13.7. The molecule has 0 spiro atoms. The van der Waals surface area contributed by atoms with Crippen LogP contribution in [0.1, 0.15) is 38.7 Å². The molecule has 4 heterocycles. The van der Waals surface area contributed by atoms with Gasteiger partial charge >= 0.3 is 0 Å². The van der Waals surface area contributed by atoms with E-state index in [-0.39, 0.29) is 18.9 Å². The molecule has 9 nitrogen and oxygen atoms in total. The van der Waals surface area contributed by atoms with Crippen LogP contribution < -0.4 is 10.6 Å². The van der Waals surface area contributed by atoms with Crippen molar-refractivity contribution in [1.82, 2.24) is 29.2 Å². The quantitative estimate of drug-likeness (QED) is 0.163. The molecule has 0 bridgehead atoms. The molecule has 3 aromatic heterocycles. The molecule has 1 atom stereocenters. The molecule has 1 amide bonds. The molecule has 212 valence electrons. The van der Waals surface area contributed by atoms with Crippen LogP contribution in [0.3, 0.4) is 0 Å². The molecule has 13 heteroatoms. The smallest absolute Gasteiger partial charge is 0.260 e. The lowest BCUT2D eigenvalue weighted by molar-refractivity contribution is -0.118. The molecule has 0 aliphatic carbocycles. The number of amides is 1. The summed E-state index contributed by atoms with van der Waals surface area (Å²) < 4.78 is 29.9. The highest BCUT2D eigenvalue weighted by Gasteiger charge is 2.33. The van der Waals surface area contributed by atoms with E-state index in [1.807, 2.05) is 49.4 Å². The molecule has 1 unspecified atom stereocenters. The molecule has 5 rings (SSSR count). The van der Waals surface area contributed by atoms with Crippen molar-refractivity contribution in [2.75, 3.05) is 30.3 Å². The van der Waals surface area contributed by atoms with Crippen molar-refractivity contribution in [3.05, 3.63) is 54.7 Å². The summed E-state index contributed by atoms with van der Waals surface area (Å²) in [6.45, 7) is 5.96. The summed E-state index contributed by atoms with van der Waals surface area (Å²) >= 11 is 2.28. The molecular formula is C27H32F2IN8OP. The van der Waals surface area contributed by atoms with Gasteiger partial charge in [-0.25, -0.2) is 28.7 Å². The molecule has 40 heavy (non-hydrogen) atoms. The maximum Gasteiger partial charge on any atom is 0.260 e. The van der Waals surface area contributed by atoms with E-state index in [1.54, 1.807) is 18.6 Å². The lowest BCUT2D eigenvalue weighted by Gasteiger charge is -2.23. The number of rotatable bonds is 7. The number of carbonyl (C=O) groups is 1. The standard InChI is InChI=1S/C25H26F2IN8OP.C2H6/c1-16-6-7-17(33-20(37)12-35-10-3-2-8-25(26,27)13-35)11-19(16)34-23-18(5-4-9-29-23)21-22-24(31-14-30-21)36(38-28)15-32-22;1-2/h4-7,9,11,14-15,38H,2-3,8,10,12-13H2,1H3,(H,29,34)(H,33,37);1-2H3. The maximum atomic E-state index is 14.0. The van der Waals surface area contributed by atoms with Gasteiger partial charge in [-0.15, -0.1) is 0 Å². The minimum atomic E-state index is -2.76. The zero-order valence-corrected chi connectivity index (χ0v) is 25.7. The fraction of sp³-hybridized carbons (Fsp3) is 0.370. The van der Waals surface area contributed by atoms with Gasteiger partial charge in [-0.3, -0.25) is 14.0 Å². The Balaban J connectivity index is 0.00000181. The largest absolute Gasteiger partial charge is 0.339 e. The number of hydrogen-bond donors (Lipinski definition) is 2. The predicted molar refractivity (Wildman–Crippen MR) is 166 cm³/mol. The number of fused-ring (bicyclic) bond motifs is 1. The average molecular weight is 680 g/mol. The predicted octanol–water partition coefficient (Wildman–Crippen LogP) is 6.82. The van der Waals surface area contributed by atoms with Gasteiger partial charge in [0.05, 0.1) is 19.5 Å². The molecule has 0 radical (unpaired) electrons. The summed E-state index contributed by atoms with van der Waals surface area (Å²) in [4.78, 5) is 32.2. The summed E-state index contributed by atoms with van der Waals surface area (Å²) in [7, 11) is 0. The number of imidazole rings is 1. The SMILES string of the molecule is CC.Cc1ccc(NC(=O)CN2CCCCC(F)(F)C2)cc1Nc1ncccc1-c1ncnc2c1ncn2PI. The molecule has 1 fully saturated rings. The van der Waals surface area contributed by atoms with Crippen molar-refractivity contribution in [3.8, 4) is 11.3 Å². The number of halogens is 3. The van der Waals surface area contributed by atoms with Gasteiger partial charge in [0.1, 0.15) is 29.7 Å². The van der Waals surface area contributed by atoms with Crippen LogP contribution in [0.4, 0.5) is 26.0 Å². The Morgan fingerprint density at radius 3 is 2.77 bits per heavy atom. The van der Waals surface area contributed by atoms with Gasteiger partial charge in [0.2, 0.25) is 5.91 Å². The van der Waals surface area contributed by atoms with Crippen LogP contribution in [0, 0.1) is 6.92 Å². The van der Waals surface area contributed by atoms with Crippen LogP contribution in [0.5, 0.6) is 0 Å². The van der Waals surface area contributed by atoms with Gasteiger partial charge in [0, 0.05) is 29.6 Å². The lowest BCUT2D eigenvalue weighted by Crippen LogP contribution is -2.40. The van der Waals surface area contributed by atoms with Crippen molar-refractivity contribution >= 4 is 62.7 Å². The van der Waals surface area contributed by atoms with Crippen molar-refractivity contribution < 1.29 is 13.6 Å². The Bertz CT molecular complexity index is 1470. The molecule has 1 aliphatic rings. The number of benzene rings is 1. The highest BCUT2D eigenvalue weighted by molar-refractivity contribution is 14.2. The van der Waals surface area contributed by atoms with Crippen molar-refractivity contribution in [2.45, 2.75) is 46.0 Å². The van der Waals surface area contributed by atoms with E-state index in [0.29, 0.717) is 48.5 Å². The Morgan fingerprint density at radius 1 is 1.15 bits per heavy atom. The third kappa shape index (κ3) is 7.27. The summed E-state index contributed by atoms with van der Waals surface area (Å²) in [6.07, 6.45) is 6.41. The second-order valence-corrected chi connectivity index (χ2v) is 11.3. The van der Waals surface area contributed by atoms with Gasteiger partial charge in [0.25, 0.3) is 5.92 Å². The molecular weight excluding hydrogens is 648 g/mol. The summed E-state index contributed by atoms with van der Waals surface area (Å²) in [5.41, 5.74) is 5.11. The van der Waals surface area contributed by atoms with Crippen LogP contribution >= 0.6 is 28.4 Å². The van der Waals surface area contributed by atoms with E-state index < -0.39 is 12.5 Å². The monoisotopic (exact) mass is 680 g/mol. The van der Waals surface area contributed by atoms with E-state index in [1.165, 1.54) is 11.2 Å². The van der Waals surface area contributed by atoms with Crippen molar-refractivity contribution in [2.24, 2.45) is 0 Å². The molecule has 1 aromatic carbocycles. The van der Waals surface area contributed by atoms with E-state index in [0.717, 1.165) is 22.5 Å². The minimum Gasteiger partial charge on any atom is -0.339 e. The van der Waals surface area contributed by atoms with Gasteiger partial charge < -0.3 is 10.6 Å². The van der Waals surface area contributed by atoms with Gasteiger partial charge in [-0.05, 0) is 78.2 Å². The fourth-order valence-corrected chi connectivity index (χ4v) is 5.90. The number of likely N-dealkylation sites (tertiary alicyclic amines) is 1. The normalized spacial score (nSPS) is 15.4. The summed E-state index contributed by atoms with van der Waals surface area (Å²) in [5.74, 6) is -2.51. The number of hydrogen-bond acceptors (Lipinski definition) is 7. The molecule has 4 aromatic rings.